The van der Waals surface area contributed by atoms with Crippen LogP contribution in [-0.2, 0) is 9.53 Å². The van der Waals surface area contributed by atoms with Crippen LogP contribution in [0.15, 0.2) is 18.2 Å². The number of carbonyl (C=O) groups excluding carboxylic acids is 2. The number of carbonyl (C=O) groups is 2. The van der Waals surface area contributed by atoms with Crippen LogP contribution < -0.4 is 5.32 Å². The molecule has 1 fully saturated rings. The fraction of sp³-hybridized carbons (Fsp3) is 0.529. The van der Waals surface area contributed by atoms with Crippen LogP contribution in [0.3, 0.4) is 0 Å². The van der Waals surface area contributed by atoms with Crippen molar-refractivity contribution in [3.05, 3.63) is 29.3 Å². The van der Waals surface area contributed by atoms with Gasteiger partial charge in [0.2, 0.25) is 5.91 Å². The first kappa shape index (κ1) is 17.7. The third-order valence-electron chi connectivity index (χ3n) is 3.45. The van der Waals surface area contributed by atoms with Crippen LogP contribution in [0, 0.1) is 13.8 Å². The molecule has 1 heterocycles. The number of benzene rings is 1. The second-order valence-corrected chi connectivity index (χ2v) is 7.77. The van der Waals surface area contributed by atoms with Gasteiger partial charge in [-0.15, -0.1) is 11.8 Å². The van der Waals surface area contributed by atoms with Crippen molar-refractivity contribution in [1.29, 1.82) is 0 Å². The van der Waals surface area contributed by atoms with Crippen molar-refractivity contribution in [2.45, 2.75) is 46.3 Å². The first-order valence-corrected chi connectivity index (χ1v) is 8.78. The monoisotopic (exact) mass is 336 g/mol. The zero-order chi connectivity index (χ0) is 17.2. The molecule has 0 bridgehead atoms. The fourth-order valence-electron chi connectivity index (χ4n) is 2.33. The lowest BCUT2D eigenvalue weighted by molar-refractivity contribution is -0.120. The minimum atomic E-state index is -0.571. The molecular formula is C17H24N2O3S. The largest absolute Gasteiger partial charge is 0.444 e. The van der Waals surface area contributed by atoms with E-state index in [2.05, 4.69) is 5.32 Å². The Balaban J connectivity index is 2.07. The Hall–Kier alpha value is -1.69. The van der Waals surface area contributed by atoms with Gasteiger partial charge in [0.1, 0.15) is 11.6 Å². The number of anilines is 1. The van der Waals surface area contributed by atoms with Crippen molar-refractivity contribution in [2.24, 2.45) is 0 Å². The maximum atomic E-state index is 12.6. The number of nitrogens with zero attached hydrogens (tertiary/aromatic N) is 1. The topological polar surface area (TPSA) is 58.6 Å². The van der Waals surface area contributed by atoms with E-state index in [1.165, 1.54) is 4.90 Å². The molecule has 1 atom stereocenters. The number of amides is 2. The summed E-state index contributed by atoms with van der Waals surface area (Å²) < 4.78 is 5.39. The quantitative estimate of drug-likeness (QED) is 0.897. The van der Waals surface area contributed by atoms with Crippen LogP contribution in [0.4, 0.5) is 10.5 Å². The third kappa shape index (κ3) is 4.64. The van der Waals surface area contributed by atoms with Crippen molar-refractivity contribution >= 4 is 29.4 Å². The van der Waals surface area contributed by atoms with Gasteiger partial charge in [-0.05, 0) is 46.2 Å². The Kier molecular flexibility index (Phi) is 5.24. The minimum Gasteiger partial charge on any atom is -0.444 e. The number of ether oxygens (including phenoxy) is 1. The van der Waals surface area contributed by atoms with Gasteiger partial charge in [0.15, 0.2) is 0 Å². The van der Waals surface area contributed by atoms with Crippen LogP contribution in [0.1, 0.15) is 31.9 Å². The van der Waals surface area contributed by atoms with Gasteiger partial charge in [0.25, 0.3) is 0 Å². The first-order chi connectivity index (χ1) is 10.7. The average Bonchev–Trinajstić information content (AvgIpc) is 2.89. The van der Waals surface area contributed by atoms with Gasteiger partial charge < -0.3 is 10.1 Å². The zero-order valence-electron chi connectivity index (χ0n) is 14.3. The number of nitrogens with one attached hydrogen (secondary N) is 1. The van der Waals surface area contributed by atoms with Gasteiger partial charge >= 0.3 is 6.09 Å². The molecule has 0 unspecified atom stereocenters. The van der Waals surface area contributed by atoms with Gasteiger partial charge in [0.05, 0.1) is 5.88 Å². The summed E-state index contributed by atoms with van der Waals surface area (Å²) in [5.74, 6) is 0.878. The highest BCUT2D eigenvalue weighted by Gasteiger charge is 2.37. The summed E-state index contributed by atoms with van der Waals surface area (Å²) in [5, 5.41) is 2.93. The maximum absolute atomic E-state index is 12.6. The summed E-state index contributed by atoms with van der Waals surface area (Å²) >= 11 is 1.55. The molecule has 5 nitrogen and oxygen atoms in total. The molecule has 2 amide bonds. The Morgan fingerprint density at radius 2 is 2.00 bits per heavy atom. The second kappa shape index (κ2) is 6.83. The van der Waals surface area contributed by atoms with Crippen molar-refractivity contribution in [3.8, 4) is 0 Å². The molecule has 0 aromatic heterocycles. The van der Waals surface area contributed by atoms with Crippen molar-refractivity contribution in [1.82, 2.24) is 4.90 Å². The molecule has 126 valence electrons. The number of thioether (sulfide) groups is 1. The molecule has 6 heteroatoms. The summed E-state index contributed by atoms with van der Waals surface area (Å²) in [6.45, 7) is 9.42. The molecule has 0 spiro atoms. The highest BCUT2D eigenvalue weighted by Crippen LogP contribution is 2.25. The highest BCUT2D eigenvalue weighted by atomic mass is 32.2. The lowest BCUT2D eigenvalue weighted by Crippen LogP contribution is -2.46. The molecule has 2 rings (SSSR count). The lowest BCUT2D eigenvalue weighted by Gasteiger charge is -2.27. The summed E-state index contributed by atoms with van der Waals surface area (Å²) in [5.41, 5.74) is 2.36. The fourth-order valence-corrected chi connectivity index (χ4v) is 3.47. The van der Waals surface area contributed by atoms with E-state index >= 15 is 0 Å². The Morgan fingerprint density at radius 3 is 2.61 bits per heavy atom. The number of hydrogen-bond donors (Lipinski definition) is 1. The minimum absolute atomic E-state index is 0.173. The second-order valence-electron chi connectivity index (χ2n) is 6.77. The standard InChI is InChI=1S/C17H24N2O3S/c1-11-6-7-13(12(2)8-11)18-15(20)14-9-23-10-19(14)16(21)22-17(3,4)5/h6-8,14H,9-10H2,1-5H3,(H,18,20)/t14-/m0/s1. The number of hydrogen-bond acceptors (Lipinski definition) is 4. The van der Waals surface area contributed by atoms with Crippen LogP contribution >= 0.6 is 11.8 Å². The van der Waals surface area contributed by atoms with E-state index in [0.29, 0.717) is 11.6 Å². The van der Waals surface area contributed by atoms with E-state index in [0.717, 1.165) is 16.8 Å². The predicted octanol–water partition coefficient (Wildman–Crippen LogP) is 3.55. The van der Waals surface area contributed by atoms with Crippen LogP contribution in [-0.4, -0.2) is 40.2 Å². The van der Waals surface area contributed by atoms with Gasteiger partial charge in [-0.2, -0.15) is 0 Å². The SMILES string of the molecule is Cc1ccc(NC(=O)[C@@H]2CSCN2C(=O)OC(C)(C)C)c(C)c1. The highest BCUT2D eigenvalue weighted by molar-refractivity contribution is 7.99. The van der Waals surface area contributed by atoms with Crippen molar-refractivity contribution in [3.63, 3.8) is 0 Å². The lowest BCUT2D eigenvalue weighted by atomic mass is 10.1. The molecule has 0 radical (unpaired) electrons. The first-order valence-electron chi connectivity index (χ1n) is 7.63. The number of aryl methyl sites for hydroxylation is 2. The molecule has 0 aliphatic carbocycles. The van der Waals surface area contributed by atoms with Crippen LogP contribution in [0.2, 0.25) is 0 Å². The van der Waals surface area contributed by atoms with E-state index in [9.17, 15) is 9.59 Å². The Bertz CT molecular complexity index is 610. The van der Waals surface area contributed by atoms with Gasteiger partial charge in [-0.25, -0.2) is 4.79 Å². The van der Waals surface area contributed by atoms with Crippen molar-refractivity contribution in [2.75, 3.05) is 16.9 Å². The third-order valence-corrected chi connectivity index (χ3v) is 4.46. The van der Waals surface area contributed by atoms with E-state index in [4.69, 9.17) is 4.74 Å². The van der Waals surface area contributed by atoms with E-state index in [1.807, 2.05) is 52.8 Å². The normalized spacial score (nSPS) is 18.0. The molecule has 1 aliphatic heterocycles. The molecule has 1 aliphatic rings. The summed E-state index contributed by atoms with van der Waals surface area (Å²) in [7, 11) is 0. The average molecular weight is 336 g/mol. The Morgan fingerprint density at radius 1 is 1.30 bits per heavy atom. The maximum Gasteiger partial charge on any atom is 0.411 e. The van der Waals surface area contributed by atoms with Gasteiger partial charge in [0, 0.05) is 11.4 Å². The molecule has 1 aromatic carbocycles. The Labute approximate surface area is 141 Å². The van der Waals surface area contributed by atoms with Crippen LogP contribution in [0.5, 0.6) is 0 Å². The van der Waals surface area contributed by atoms with Gasteiger partial charge in [-0.1, -0.05) is 17.7 Å². The molecule has 1 saturated heterocycles. The number of rotatable bonds is 2. The van der Waals surface area contributed by atoms with E-state index in [1.54, 1.807) is 11.8 Å². The van der Waals surface area contributed by atoms with Crippen molar-refractivity contribution < 1.29 is 14.3 Å². The summed E-state index contributed by atoms with van der Waals surface area (Å²) in [6, 6.07) is 5.36. The zero-order valence-corrected chi connectivity index (χ0v) is 15.1. The molecule has 23 heavy (non-hydrogen) atoms. The molecule has 1 N–H and O–H groups in total. The molecule has 1 aromatic rings. The molecular weight excluding hydrogens is 312 g/mol. The van der Waals surface area contributed by atoms with Gasteiger partial charge in [-0.3, -0.25) is 9.69 Å². The smallest absolute Gasteiger partial charge is 0.411 e. The predicted molar refractivity (Wildman–Crippen MR) is 93.7 cm³/mol. The summed E-state index contributed by atoms with van der Waals surface area (Å²) in [6.07, 6.45) is -0.441. The van der Waals surface area contributed by atoms with Crippen LogP contribution in [0.25, 0.3) is 0 Å². The molecule has 0 saturated carbocycles. The van der Waals surface area contributed by atoms with E-state index < -0.39 is 17.7 Å². The summed E-state index contributed by atoms with van der Waals surface area (Å²) in [4.78, 5) is 26.3. The van der Waals surface area contributed by atoms with E-state index in [-0.39, 0.29) is 5.91 Å².